The minimum Gasteiger partial charge on any atom is -0.494 e. The number of ether oxygens (including phenoxy) is 1. The average Bonchev–Trinajstić information content (AvgIpc) is 3.15. The first-order valence-electron chi connectivity index (χ1n) is 8.21. The Labute approximate surface area is 161 Å². The fourth-order valence-corrected chi connectivity index (χ4v) is 3.15. The molecule has 0 unspecified atom stereocenters. The summed E-state index contributed by atoms with van der Waals surface area (Å²) in [5.41, 5.74) is 1.68. The number of aromatic nitrogens is 2. The minimum absolute atomic E-state index is 0.0166. The van der Waals surface area contributed by atoms with Crippen molar-refractivity contribution in [1.29, 1.82) is 0 Å². The molecule has 0 radical (unpaired) electrons. The first kappa shape index (κ1) is 18.4. The number of halogens is 1. The fourth-order valence-electron chi connectivity index (χ4n) is 2.23. The Bertz CT molecular complexity index is 838. The van der Waals surface area contributed by atoms with Gasteiger partial charge in [0.25, 0.3) is 0 Å². The molecule has 0 saturated carbocycles. The lowest BCUT2D eigenvalue weighted by Gasteiger charge is -2.06. The number of hydrogen-bond acceptors (Lipinski definition) is 5. The van der Waals surface area contributed by atoms with Crippen LogP contribution in [0.3, 0.4) is 0 Å². The van der Waals surface area contributed by atoms with E-state index in [2.05, 4.69) is 15.3 Å². The van der Waals surface area contributed by atoms with E-state index in [1.54, 1.807) is 18.3 Å². The molecule has 0 spiro atoms. The summed E-state index contributed by atoms with van der Waals surface area (Å²) in [4.78, 5) is 20.7. The summed E-state index contributed by atoms with van der Waals surface area (Å²) in [6, 6.07) is 12.9. The maximum Gasteiger partial charge on any atom is 0.220 e. The van der Waals surface area contributed by atoms with Gasteiger partial charge in [-0.15, -0.1) is 11.3 Å². The molecule has 1 amide bonds. The van der Waals surface area contributed by atoms with Crippen molar-refractivity contribution in [2.45, 2.75) is 19.4 Å². The third-order valence-corrected chi connectivity index (χ3v) is 4.70. The first-order valence-corrected chi connectivity index (χ1v) is 9.47. The molecule has 26 heavy (non-hydrogen) atoms. The topological polar surface area (TPSA) is 64.1 Å². The SMILES string of the molecule is O=C(CCCOc1ccc(Cl)cc1)NCc1csc(-c2ccccn2)n1. The van der Waals surface area contributed by atoms with Crippen molar-refractivity contribution in [3.05, 3.63) is 64.8 Å². The Morgan fingerprint density at radius 2 is 2.04 bits per heavy atom. The number of carbonyl (C=O) groups is 1. The highest BCUT2D eigenvalue weighted by molar-refractivity contribution is 7.13. The molecule has 2 heterocycles. The second-order valence-corrected chi connectivity index (χ2v) is 6.84. The van der Waals surface area contributed by atoms with Crippen LogP contribution in [0.1, 0.15) is 18.5 Å². The Hall–Kier alpha value is -2.44. The molecule has 0 bridgehead atoms. The van der Waals surface area contributed by atoms with Crippen LogP contribution in [0.15, 0.2) is 54.0 Å². The quantitative estimate of drug-likeness (QED) is 0.584. The van der Waals surface area contributed by atoms with E-state index < -0.39 is 0 Å². The summed E-state index contributed by atoms with van der Waals surface area (Å²) < 4.78 is 5.57. The van der Waals surface area contributed by atoms with Crippen molar-refractivity contribution < 1.29 is 9.53 Å². The first-order chi connectivity index (χ1) is 12.7. The van der Waals surface area contributed by atoms with E-state index >= 15 is 0 Å². The molecule has 0 saturated heterocycles. The molecule has 0 fully saturated rings. The number of thiazole rings is 1. The minimum atomic E-state index is -0.0166. The molecule has 2 aromatic heterocycles. The molecule has 7 heteroatoms. The van der Waals surface area contributed by atoms with Gasteiger partial charge in [0, 0.05) is 23.0 Å². The van der Waals surface area contributed by atoms with Gasteiger partial charge in [-0.05, 0) is 42.8 Å². The van der Waals surface area contributed by atoms with E-state index in [0.717, 1.165) is 22.1 Å². The molecule has 5 nitrogen and oxygen atoms in total. The van der Waals surface area contributed by atoms with Crippen LogP contribution in [-0.2, 0) is 11.3 Å². The summed E-state index contributed by atoms with van der Waals surface area (Å²) in [7, 11) is 0. The normalized spacial score (nSPS) is 10.5. The van der Waals surface area contributed by atoms with Crippen molar-refractivity contribution in [2.24, 2.45) is 0 Å². The van der Waals surface area contributed by atoms with Crippen LogP contribution in [0.4, 0.5) is 0 Å². The highest BCUT2D eigenvalue weighted by Crippen LogP contribution is 2.21. The van der Waals surface area contributed by atoms with E-state index in [9.17, 15) is 4.79 Å². The van der Waals surface area contributed by atoms with Crippen LogP contribution in [0.5, 0.6) is 5.75 Å². The molecular weight excluding hydrogens is 370 g/mol. The standard InChI is InChI=1S/C19H18ClN3O2S/c20-14-6-8-16(9-7-14)25-11-3-5-18(24)22-12-15-13-26-19(23-15)17-4-1-2-10-21-17/h1-2,4,6-10,13H,3,5,11-12H2,(H,22,24). The lowest BCUT2D eigenvalue weighted by Crippen LogP contribution is -2.23. The second kappa shape index (κ2) is 9.31. The van der Waals surface area contributed by atoms with E-state index in [1.165, 1.54) is 11.3 Å². The molecule has 134 valence electrons. The Morgan fingerprint density at radius 1 is 1.19 bits per heavy atom. The van der Waals surface area contributed by atoms with Gasteiger partial charge in [0.1, 0.15) is 10.8 Å². The van der Waals surface area contributed by atoms with E-state index in [1.807, 2.05) is 35.7 Å². The van der Waals surface area contributed by atoms with Crippen LogP contribution >= 0.6 is 22.9 Å². The van der Waals surface area contributed by atoms with E-state index in [0.29, 0.717) is 31.0 Å². The predicted molar refractivity (Wildman–Crippen MR) is 103 cm³/mol. The van der Waals surface area contributed by atoms with Crippen molar-refractivity contribution >= 4 is 28.8 Å². The lowest BCUT2D eigenvalue weighted by molar-refractivity contribution is -0.121. The molecule has 1 N–H and O–H groups in total. The predicted octanol–water partition coefficient (Wildman–Crippen LogP) is 4.33. The molecule has 0 aliphatic carbocycles. The van der Waals surface area contributed by atoms with Gasteiger partial charge in [0.2, 0.25) is 5.91 Å². The van der Waals surface area contributed by atoms with Gasteiger partial charge in [-0.25, -0.2) is 4.98 Å². The summed E-state index contributed by atoms with van der Waals surface area (Å²) in [5, 5.41) is 6.34. The van der Waals surface area contributed by atoms with E-state index in [-0.39, 0.29) is 5.91 Å². The largest absolute Gasteiger partial charge is 0.494 e. The number of amides is 1. The summed E-state index contributed by atoms with van der Waals surface area (Å²) in [6.07, 6.45) is 2.79. The molecule has 0 aliphatic heterocycles. The number of benzene rings is 1. The van der Waals surface area contributed by atoms with Crippen molar-refractivity contribution in [2.75, 3.05) is 6.61 Å². The number of carbonyl (C=O) groups excluding carboxylic acids is 1. The Balaban J connectivity index is 1.36. The number of hydrogen-bond donors (Lipinski definition) is 1. The van der Waals surface area contributed by atoms with Crippen molar-refractivity contribution in [1.82, 2.24) is 15.3 Å². The van der Waals surface area contributed by atoms with Crippen LogP contribution in [-0.4, -0.2) is 22.5 Å². The highest BCUT2D eigenvalue weighted by atomic mass is 35.5. The zero-order chi connectivity index (χ0) is 18.2. The zero-order valence-corrected chi connectivity index (χ0v) is 15.6. The number of rotatable bonds is 8. The zero-order valence-electron chi connectivity index (χ0n) is 14.0. The number of nitrogens with one attached hydrogen (secondary N) is 1. The number of nitrogens with zero attached hydrogens (tertiary/aromatic N) is 2. The van der Waals surface area contributed by atoms with Crippen LogP contribution < -0.4 is 10.1 Å². The summed E-state index contributed by atoms with van der Waals surface area (Å²) >= 11 is 7.34. The van der Waals surface area contributed by atoms with Crippen LogP contribution in [0.2, 0.25) is 5.02 Å². The summed E-state index contributed by atoms with van der Waals surface area (Å²) in [6.45, 7) is 0.899. The van der Waals surface area contributed by atoms with Gasteiger partial charge >= 0.3 is 0 Å². The third-order valence-electron chi connectivity index (χ3n) is 3.53. The van der Waals surface area contributed by atoms with Crippen LogP contribution in [0, 0.1) is 0 Å². The van der Waals surface area contributed by atoms with Gasteiger partial charge in [-0.2, -0.15) is 0 Å². The average molecular weight is 388 g/mol. The van der Waals surface area contributed by atoms with Gasteiger partial charge < -0.3 is 10.1 Å². The summed E-state index contributed by atoms with van der Waals surface area (Å²) in [5.74, 6) is 0.733. The lowest BCUT2D eigenvalue weighted by atomic mass is 10.3. The Morgan fingerprint density at radius 3 is 2.81 bits per heavy atom. The third kappa shape index (κ3) is 5.54. The maximum absolute atomic E-state index is 11.9. The van der Waals surface area contributed by atoms with Gasteiger partial charge in [0.15, 0.2) is 0 Å². The monoisotopic (exact) mass is 387 g/mol. The molecule has 1 aromatic carbocycles. The molecular formula is C19H18ClN3O2S. The van der Waals surface area contributed by atoms with Crippen molar-refractivity contribution in [3.63, 3.8) is 0 Å². The smallest absolute Gasteiger partial charge is 0.220 e. The van der Waals surface area contributed by atoms with Crippen molar-refractivity contribution in [3.8, 4) is 16.5 Å². The highest BCUT2D eigenvalue weighted by Gasteiger charge is 2.07. The fraction of sp³-hybridized carbons (Fsp3) is 0.211. The van der Waals surface area contributed by atoms with E-state index in [4.69, 9.17) is 16.3 Å². The Kier molecular flexibility index (Phi) is 6.57. The maximum atomic E-state index is 11.9. The van der Waals surface area contributed by atoms with Gasteiger partial charge in [-0.1, -0.05) is 17.7 Å². The second-order valence-electron chi connectivity index (χ2n) is 5.54. The molecule has 3 aromatic rings. The van der Waals surface area contributed by atoms with Crippen LogP contribution in [0.25, 0.3) is 10.7 Å². The molecule has 0 aliphatic rings. The molecule has 3 rings (SSSR count). The van der Waals surface area contributed by atoms with Gasteiger partial charge in [-0.3, -0.25) is 9.78 Å². The number of pyridine rings is 1. The van der Waals surface area contributed by atoms with Gasteiger partial charge in [0.05, 0.1) is 24.5 Å². The molecule has 0 atom stereocenters.